The first kappa shape index (κ1) is 10.8. The highest BCUT2D eigenvalue weighted by Crippen LogP contribution is 2.25. The van der Waals surface area contributed by atoms with E-state index in [0.717, 1.165) is 24.7 Å². The molecule has 0 atom stereocenters. The molecule has 1 aliphatic heterocycles. The molecule has 0 unspecified atom stereocenters. The van der Waals surface area contributed by atoms with Crippen LogP contribution in [-0.2, 0) is 0 Å². The number of benzene rings is 1. The molecule has 0 aliphatic carbocycles. The lowest BCUT2D eigenvalue weighted by Crippen LogP contribution is -2.32. The Bertz CT molecular complexity index is 412. The molecule has 2 N–H and O–H groups in total. The number of nitrogens with zero attached hydrogens (tertiary/aromatic N) is 2. The molecule has 1 aliphatic rings. The Kier molecular flexibility index (Phi) is 3.00. The first-order valence-corrected chi connectivity index (χ1v) is 5.75. The fourth-order valence-corrected chi connectivity index (χ4v) is 2.10. The highest BCUT2D eigenvalue weighted by Gasteiger charge is 2.16. The van der Waals surface area contributed by atoms with E-state index in [1.165, 1.54) is 12.8 Å². The van der Waals surface area contributed by atoms with Crippen molar-refractivity contribution in [2.45, 2.75) is 19.8 Å². The van der Waals surface area contributed by atoms with Crippen LogP contribution in [0.15, 0.2) is 18.2 Å². The Balaban J connectivity index is 2.18. The van der Waals surface area contributed by atoms with Crippen LogP contribution in [0.25, 0.3) is 0 Å². The number of hydrogen-bond donors (Lipinski definition) is 1. The predicted octanol–water partition coefficient (Wildman–Crippen LogP) is 2.38. The van der Waals surface area contributed by atoms with Crippen molar-refractivity contribution in [3.63, 3.8) is 0 Å². The Labute approximate surface area is 96.5 Å². The fourth-order valence-electron chi connectivity index (χ4n) is 2.10. The molecular weight excluding hydrogens is 198 g/mol. The van der Waals surface area contributed by atoms with E-state index in [1.54, 1.807) is 0 Å². The van der Waals surface area contributed by atoms with Crippen molar-refractivity contribution in [3.05, 3.63) is 23.8 Å². The molecule has 1 aromatic rings. The number of rotatable bonds is 1. The average Bonchev–Trinajstić information content (AvgIpc) is 2.31. The zero-order valence-electron chi connectivity index (χ0n) is 9.61. The number of nitriles is 1. The van der Waals surface area contributed by atoms with Crippen LogP contribution >= 0.6 is 0 Å². The normalized spacial score (nSPS) is 17.1. The Morgan fingerprint density at radius 1 is 1.38 bits per heavy atom. The maximum atomic E-state index is 8.93. The molecule has 84 valence electrons. The van der Waals surface area contributed by atoms with Crippen molar-refractivity contribution in [2.24, 2.45) is 5.92 Å². The molecule has 3 heteroatoms. The van der Waals surface area contributed by atoms with Gasteiger partial charge in [-0.2, -0.15) is 5.26 Å². The van der Waals surface area contributed by atoms with Crippen molar-refractivity contribution in [2.75, 3.05) is 23.7 Å². The molecule has 0 aromatic heterocycles. The number of anilines is 2. The molecule has 16 heavy (non-hydrogen) atoms. The van der Waals surface area contributed by atoms with E-state index in [9.17, 15) is 0 Å². The van der Waals surface area contributed by atoms with E-state index in [-0.39, 0.29) is 0 Å². The molecular formula is C13H17N3. The van der Waals surface area contributed by atoms with Crippen LogP contribution in [0.5, 0.6) is 0 Å². The number of nitrogens with two attached hydrogens (primary N) is 1. The quantitative estimate of drug-likeness (QED) is 0.732. The van der Waals surface area contributed by atoms with E-state index in [2.05, 4.69) is 17.9 Å². The summed E-state index contributed by atoms with van der Waals surface area (Å²) < 4.78 is 0. The predicted molar refractivity (Wildman–Crippen MR) is 66.2 cm³/mol. The second-order valence-corrected chi connectivity index (χ2v) is 4.55. The van der Waals surface area contributed by atoms with Crippen molar-refractivity contribution in [3.8, 4) is 6.07 Å². The van der Waals surface area contributed by atoms with Crippen molar-refractivity contribution in [1.82, 2.24) is 0 Å². The second kappa shape index (κ2) is 4.44. The minimum atomic E-state index is 0.566. The van der Waals surface area contributed by atoms with Gasteiger partial charge in [0.1, 0.15) is 6.07 Å². The van der Waals surface area contributed by atoms with Gasteiger partial charge in [0.15, 0.2) is 0 Å². The first-order chi connectivity index (χ1) is 7.70. The lowest BCUT2D eigenvalue weighted by Gasteiger charge is -2.32. The molecule has 1 aromatic carbocycles. The van der Waals surface area contributed by atoms with Gasteiger partial charge in [0, 0.05) is 24.5 Å². The second-order valence-electron chi connectivity index (χ2n) is 4.55. The van der Waals surface area contributed by atoms with Gasteiger partial charge in [-0.05, 0) is 37.0 Å². The minimum Gasteiger partial charge on any atom is -0.398 e. The number of nitrogen functional groups attached to an aromatic ring is 1. The molecule has 2 rings (SSSR count). The van der Waals surface area contributed by atoms with Crippen LogP contribution in [0.1, 0.15) is 25.3 Å². The van der Waals surface area contributed by atoms with Gasteiger partial charge >= 0.3 is 0 Å². The minimum absolute atomic E-state index is 0.566. The summed E-state index contributed by atoms with van der Waals surface area (Å²) in [7, 11) is 0. The summed E-state index contributed by atoms with van der Waals surface area (Å²) in [5, 5.41) is 8.93. The van der Waals surface area contributed by atoms with Gasteiger partial charge in [0.25, 0.3) is 0 Å². The van der Waals surface area contributed by atoms with Crippen molar-refractivity contribution >= 4 is 11.4 Å². The molecule has 3 nitrogen and oxygen atoms in total. The summed E-state index contributed by atoms with van der Waals surface area (Å²) in [4.78, 5) is 2.33. The Hall–Kier alpha value is -1.69. The van der Waals surface area contributed by atoms with E-state index < -0.39 is 0 Å². The zero-order valence-corrected chi connectivity index (χ0v) is 9.61. The van der Waals surface area contributed by atoms with Crippen LogP contribution < -0.4 is 10.6 Å². The lowest BCUT2D eigenvalue weighted by molar-refractivity contribution is 0.438. The summed E-state index contributed by atoms with van der Waals surface area (Å²) in [5.41, 5.74) is 7.98. The van der Waals surface area contributed by atoms with Gasteiger partial charge in [0.2, 0.25) is 0 Å². The third kappa shape index (κ3) is 2.11. The maximum Gasteiger partial charge on any atom is 0.101 e. The molecule has 1 saturated heterocycles. The van der Waals surface area contributed by atoms with Crippen LogP contribution in [-0.4, -0.2) is 13.1 Å². The average molecular weight is 215 g/mol. The summed E-state index contributed by atoms with van der Waals surface area (Å²) in [6.45, 7) is 4.45. The molecule has 0 radical (unpaired) electrons. The highest BCUT2D eigenvalue weighted by atomic mass is 15.1. The molecule has 1 fully saturated rings. The molecule has 1 heterocycles. The number of piperidine rings is 1. The third-order valence-electron chi connectivity index (χ3n) is 3.31. The fraction of sp³-hybridized carbons (Fsp3) is 0.462. The Morgan fingerprint density at radius 3 is 2.69 bits per heavy atom. The van der Waals surface area contributed by atoms with E-state index in [0.29, 0.717) is 11.3 Å². The van der Waals surface area contributed by atoms with Gasteiger partial charge in [-0.15, -0.1) is 0 Å². The van der Waals surface area contributed by atoms with Crippen LogP contribution in [0.4, 0.5) is 11.4 Å². The van der Waals surface area contributed by atoms with E-state index in [4.69, 9.17) is 11.0 Å². The third-order valence-corrected chi connectivity index (χ3v) is 3.31. The summed E-state index contributed by atoms with van der Waals surface area (Å²) in [6, 6.07) is 7.86. The summed E-state index contributed by atoms with van der Waals surface area (Å²) in [6.07, 6.45) is 2.46. The van der Waals surface area contributed by atoms with E-state index >= 15 is 0 Å². The first-order valence-electron chi connectivity index (χ1n) is 5.75. The molecule has 0 saturated carbocycles. The summed E-state index contributed by atoms with van der Waals surface area (Å²) in [5.74, 6) is 0.820. The molecule has 0 spiro atoms. The van der Waals surface area contributed by atoms with Gasteiger partial charge in [-0.1, -0.05) is 6.92 Å². The van der Waals surface area contributed by atoms with E-state index in [1.807, 2.05) is 18.2 Å². The number of hydrogen-bond acceptors (Lipinski definition) is 3. The van der Waals surface area contributed by atoms with Gasteiger partial charge < -0.3 is 10.6 Å². The molecule has 0 bridgehead atoms. The SMILES string of the molecule is CC1CCN(c2ccc(N)c(C#N)c2)CC1. The van der Waals surface area contributed by atoms with Crippen LogP contribution in [0.3, 0.4) is 0 Å². The summed E-state index contributed by atoms with van der Waals surface area (Å²) >= 11 is 0. The maximum absolute atomic E-state index is 8.93. The topological polar surface area (TPSA) is 53.0 Å². The van der Waals surface area contributed by atoms with Crippen molar-refractivity contribution < 1.29 is 0 Å². The monoisotopic (exact) mass is 215 g/mol. The van der Waals surface area contributed by atoms with Crippen LogP contribution in [0, 0.1) is 17.2 Å². The van der Waals surface area contributed by atoms with Gasteiger partial charge in [0.05, 0.1) is 5.56 Å². The molecule has 0 amide bonds. The standard InChI is InChI=1S/C13H17N3/c1-10-4-6-16(7-5-10)12-2-3-13(15)11(8-12)9-14/h2-3,8,10H,4-7,15H2,1H3. The largest absolute Gasteiger partial charge is 0.398 e. The Morgan fingerprint density at radius 2 is 2.06 bits per heavy atom. The highest BCUT2D eigenvalue weighted by molar-refractivity contribution is 5.62. The van der Waals surface area contributed by atoms with Crippen LogP contribution in [0.2, 0.25) is 0 Å². The van der Waals surface area contributed by atoms with Gasteiger partial charge in [-0.3, -0.25) is 0 Å². The zero-order chi connectivity index (χ0) is 11.5. The lowest BCUT2D eigenvalue weighted by atomic mass is 9.98. The van der Waals surface area contributed by atoms with Crippen molar-refractivity contribution in [1.29, 1.82) is 5.26 Å². The van der Waals surface area contributed by atoms with Gasteiger partial charge in [-0.25, -0.2) is 0 Å². The smallest absolute Gasteiger partial charge is 0.101 e.